The zero-order valence-electron chi connectivity index (χ0n) is 13.7. The molecule has 1 N–H and O–H groups in total. The Kier molecular flexibility index (Phi) is 6.48. The first-order valence-electron chi connectivity index (χ1n) is 7.90. The monoisotopic (exact) mass is 313 g/mol. The largest absolute Gasteiger partial charge is 0.494 e. The summed E-state index contributed by atoms with van der Waals surface area (Å²) < 4.78 is 11.2. The fraction of sp³-hybridized carbons (Fsp3) is 0.316. The van der Waals surface area contributed by atoms with Crippen LogP contribution in [0.1, 0.15) is 25.3 Å². The Morgan fingerprint density at radius 1 is 1.09 bits per heavy atom. The molecular formula is C19H23NO3. The lowest BCUT2D eigenvalue weighted by Gasteiger charge is -2.10. The van der Waals surface area contributed by atoms with Crippen LogP contribution in [0.4, 0.5) is 5.69 Å². The third-order valence-corrected chi connectivity index (χ3v) is 3.34. The lowest BCUT2D eigenvalue weighted by atomic mass is 10.2. The molecule has 122 valence electrons. The minimum absolute atomic E-state index is 0.0221. The Balaban J connectivity index is 1.85. The van der Waals surface area contributed by atoms with Gasteiger partial charge >= 0.3 is 0 Å². The van der Waals surface area contributed by atoms with Crippen molar-refractivity contribution in [3.05, 3.63) is 54.1 Å². The SMILES string of the molecule is CCCCOc1cccc(NC(=O)COc2ccccc2C)c1. The Morgan fingerprint density at radius 2 is 1.91 bits per heavy atom. The van der Waals surface area contributed by atoms with E-state index in [4.69, 9.17) is 9.47 Å². The quantitative estimate of drug-likeness (QED) is 0.743. The van der Waals surface area contributed by atoms with E-state index in [1.165, 1.54) is 0 Å². The van der Waals surface area contributed by atoms with Gasteiger partial charge in [-0.2, -0.15) is 0 Å². The van der Waals surface area contributed by atoms with Crippen molar-refractivity contribution in [2.45, 2.75) is 26.7 Å². The molecule has 0 heterocycles. The first-order valence-corrected chi connectivity index (χ1v) is 7.90. The summed E-state index contributed by atoms with van der Waals surface area (Å²) in [4.78, 5) is 12.0. The number of benzene rings is 2. The van der Waals surface area contributed by atoms with Crippen molar-refractivity contribution in [3.8, 4) is 11.5 Å². The zero-order chi connectivity index (χ0) is 16.5. The maximum absolute atomic E-state index is 12.0. The summed E-state index contributed by atoms with van der Waals surface area (Å²) in [5, 5.41) is 2.82. The number of ether oxygens (including phenoxy) is 2. The van der Waals surface area contributed by atoms with Crippen LogP contribution in [0.5, 0.6) is 11.5 Å². The van der Waals surface area contributed by atoms with Gasteiger partial charge in [0.05, 0.1) is 6.61 Å². The number of nitrogens with one attached hydrogen (secondary N) is 1. The van der Waals surface area contributed by atoms with Gasteiger partial charge in [0.25, 0.3) is 5.91 Å². The Morgan fingerprint density at radius 3 is 2.70 bits per heavy atom. The standard InChI is InChI=1S/C19H23NO3/c1-3-4-12-22-17-10-7-9-16(13-17)20-19(21)14-23-18-11-6-5-8-15(18)2/h5-11,13H,3-4,12,14H2,1-2H3,(H,20,21). The number of hydrogen-bond donors (Lipinski definition) is 1. The second kappa shape index (κ2) is 8.83. The summed E-state index contributed by atoms with van der Waals surface area (Å²) in [7, 11) is 0. The number of anilines is 1. The summed E-state index contributed by atoms with van der Waals surface area (Å²) >= 11 is 0. The lowest BCUT2D eigenvalue weighted by Crippen LogP contribution is -2.20. The number of para-hydroxylation sites is 1. The van der Waals surface area contributed by atoms with Gasteiger partial charge in [0, 0.05) is 11.8 Å². The molecule has 0 atom stereocenters. The minimum Gasteiger partial charge on any atom is -0.494 e. The van der Waals surface area contributed by atoms with Gasteiger partial charge in [0.15, 0.2) is 6.61 Å². The molecule has 4 nitrogen and oxygen atoms in total. The highest BCUT2D eigenvalue weighted by Gasteiger charge is 2.06. The van der Waals surface area contributed by atoms with Crippen LogP contribution in [0.25, 0.3) is 0 Å². The molecule has 0 unspecified atom stereocenters. The average molecular weight is 313 g/mol. The van der Waals surface area contributed by atoms with Gasteiger partial charge in [0.1, 0.15) is 11.5 Å². The predicted octanol–water partition coefficient (Wildman–Crippen LogP) is 4.19. The number of unbranched alkanes of at least 4 members (excludes halogenated alkanes) is 1. The van der Waals surface area contributed by atoms with E-state index in [9.17, 15) is 4.79 Å². The number of rotatable bonds is 8. The number of aryl methyl sites for hydroxylation is 1. The molecule has 0 saturated heterocycles. The molecule has 2 aromatic carbocycles. The second-order valence-electron chi connectivity index (χ2n) is 5.33. The van der Waals surface area contributed by atoms with Crippen LogP contribution in [-0.4, -0.2) is 19.1 Å². The smallest absolute Gasteiger partial charge is 0.262 e. The molecule has 0 bridgehead atoms. The lowest BCUT2D eigenvalue weighted by molar-refractivity contribution is -0.118. The molecule has 0 fully saturated rings. The number of hydrogen-bond acceptors (Lipinski definition) is 3. The fourth-order valence-corrected chi connectivity index (χ4v) is 2.06. The molecule has 0 aromatic heterocycles. The highest BCUT2D eigenvalue weighted by Crippen LogP contribution is 2.18. The average Bonchev–Trinajstić information content (AvgIpc) is 2.55. The molecule has 23 heavy (non-hydrogen) atoms. The van der Waals surface area contributed by atoms with Crippen LogP contribution >= 0.6 is 0 Å². The predicted molar refractivity (Wildman–Crippen MR) is 92.1 cm³/mol. The van der Waals surface area contributed by atoms with Crippen molar-refractivity contribution >= 4 is 11.6 Å². The van der Waals surface area contributed by atoms with Gasteiger partial charge in [-0.3, -0.25) is 4.79 Å². The molecule has 0 aliphatic heterocycles. The van der Waals surface area contributed by atoms with Gasteiger partial charge in [-0.1, -0.05) is 37.6 Å². The highest BCUT2D eigenvalue weighted by atomic mass is 16.5. The molecule has 1 amide bonds. The van der Waals surface area contributed by atoms with E-state index in [1.807, 2.05) is 55.5 Å². The summed E-state index contributed by atoms with van der Waals surface area (Å²) in [5.74, 6) is 1.29. The van der Waals surface area contributed by atoms with Crippen LogP contribution in [0, 0.1) is 6.92 Å². The van der Waals surface area contributed by atoms with E-state index >= 15 is 0 Å². The van der Waals surface area contributed by atoms with Crippen LogP contribution in [-0.2, 0) is 4.79 Å². The summed E-state index contributed by atoms with van der Waals surface area (Å²) in [6.45, 7) is 4.73. The van der Waals surface area contributed by atoms with E-state index < -0.39 is 0 Å². The summed E-state index contributed by atoms with van der Waals surface area (Å²) in [6.07, 6.45) is 2.10. The van der Waals surface area contributed by atoms with Crippen molar-refractivity contribution in [3.63, 3.8) is 0 Å². The molecule has 4 heteroatoms. The van der Waals surface area contributed by atoms with E-state index in [2.05, 4.69) is 12.2 Å². The summed E-state index contributed by atoms with van der Waals surface area (Å²) in [6, 6.07) is 15.0. The number of carbonyl (C=O) groups excluding carboxylic acids is 1. The van der Waals surface area contributed by atoms with Crippen molar-refractivity contribution in [1.29, 1.82) is 0 Å². The van der Waals surface area contributed by atoms with Crippen molar-refractivity contribution < 1.29 is 14.3 Å². The van der Waals surface area contributed by atoms with Crippen molar-refractivity contribution in [2.24, 2.45) is 0 Å². The van der Waals surface area contributed by atoms with Crippen LogP contribution in [0.15, 0.2) is 48.5 Å². The third-order valence-electron chi connectivity index (χ3n) is 3.34. The molecule has 0 spiro atoms. The van der Waals surface area contributed by atoms with Crippen molar-refractivity contribution in [1.82, 2.24) is 0 Å². The Labute approximate surface area is 137 Å². The molecular weight excluding hydrogens is 290 g/mol. The first kappa shape index (κ1) is 16.9. The van der Waals surface area contributed by atoms with E-state index in [0.717, 1.165) is 29.9 Å². The Hall–Kier alpha value is -2.49. The van der Waals surface area contributed by atoms with Gasteiger partial charge in [-0.15, -0.1) is 0 Å². The minimum atomic E-state index is -0.195. The van der Waals surface area contributed by atoms with Crippen LogP contribution < -0.4 is 14.8 Å². The normalized spacial score (nSPS) is 10.2. The summed E-state index contributed by atoms with van der Waals surface area (Å²) in [5.41, 5.74) is 1.71. The third kappa shape index (κ3) is 5.66. The van der Waals surface area contributed by atoms with Gasteiger partial charge in [-0.25, -0.2) is 0 Å². The van der Waals surface area contributed by atoms with Crippen molar-refractivity contribution in [2.75, 3.05) is 18.5 Å². The second-order valence-corrected chi connectivity index (χ2v) is 5.33. The molecule has 0 aliphatic carbocycles. The number of amides is 1. The zero-order valence-corrected chi connectivity index (χ0v) is 13.7. The molecule has 0 aliphatic rings. The van der Waals surface area contributed by atoms with Gasteiger partial charge in [-0.05, 0) is 37.1 Å². The van der Waals surface area contributed by atoms with E-state index in [1.54, 1.807) is 0 Å². The van der Waals surface area contributed by atoms with E-state index in [0.29, 0.717) is 12.3 Å². The van der Waals surface area contributed by atoms with Gasteiger partial charge < -0.3 is 14.8 Å². The first-order chi connectivity index (χ1) is 11.2. The van der Waals surface area contributed by atoms with Gasteiger partial charge in [0.2, 0.25) is 0 Å². The van der Waals surface area contributed by atoms with E-state index in [-0.39, 0.29) is 12.5 Å². The molecule has 0 saturated carbocycles. The topological polar surface area (TPSA) is 47.6 Å². The fourth-order valence-electron chi connectivity index (χ4n) is 2.06. The molecule has 0 radical (unpaired) electrons. The highest BCUT2D eigenvalue weighted by molar-refractivity contribution is 5.92. The van der Waals surface area contributed by atoms with Crippen LogP contribution in [0.3, 0.4) is 0 Å². The Bertz CT molecular complexity index is 640. The maximum Gasteiger partial charge on any atom is 0.262 e. The molecule has 2 aromatic rings. The van der Waals surface area contributed by atoms with Crippen LogP contribution in [0.2, 0.25) is 0 Å². The number of carbonyl (C=O) groups is 1. The maximum atomic E-state index is 12.0. The molecule has 2 rings (SSSR count).